The molecule has 3 fully saturated rings. The number of nitrogens with zero attached hydrogens (tertiary/aromatic N) is 3. The molecule has 1 spiro atoms. The number of likely N-dealkylation sites (tertiary alicyclic amines) is 1. The summed E-state index contributed by atoms with van der Waals surface area (Å²) in [5, 5.41) is 9.72. The zero-order valence-corrected chi connectivity index (χ0v) is 24.8. The van der Waals surface area contributed by atoms with E-state index in [4.69, 9.17) is 11.6 Å². The van der Waals surface area contributed by atoms with Gasteiger partial charge in [-0.25, -0.2) is 0 Å². The quantitative estimate of drug-likeness (QED) is 0.215. The summed E-state index contributed by atoms with van der Waals surface area (Å²) in [5.74, 6) is -1.47. The Bertz CT molecular complexity index is 1090. The minimum absolute atomic E-state index is 0.00987. The van der Waals surface area contributed by atoms with E-state index in [-0.39, 0.29) is 41.0 Å². The van der Waals surface area contributed by atoms with Crippen LogP contribution in [0.4, 0.5) is 5.69 Å². The number of likely N-dealkylation sites (N-methyl/N-ethyl adjacent to an activating group) is 1. The third-order valence-corrected chi connectivity index (χ3v) is 11.3. The number of benzene rings is 1. The van der Waals surface area contributed by atoms with Gasteiger partial charge < -0.3 is 19.8 Å². The summed E-state index contributed by atoms with van der Waals surface area (Å²) in [7, 11) is 1.73. The van der Waals surface area contributed by atoms with Crippen molar-refractivity contribution in [3.8, 4) is 0 Å². The SMILES string of the molecule is C=CCN(C)C(=O)[C@H]1[C@H]2C(=O)N(CCCCCO)C(C(=O)N(CC=C)c3ccc(Cl)cc3)C23CC(Br)[C@@H]1S3. The Morgan fingerprint density at radius 3 is 2.50 bits per heavy atom. The molecule has 38 heavy (non-hydrogen) atoms. The molecule has 7 nitrogen and oxygen atoms in total. The smallest absolute Gasteiger partial charge is 0.251 e. The first-order valence-electron chi connectivity index (χ1n) is 13.0. The fourth-order valence-corrected chi connectivity index (χ4v) is 9.99. The van der Waals surface area contributed by atoms with Crippen LogP contribution in [-0.2, 0) is 14.4 Å². The molecule has 10 heteroatoms. The molecule has 3 aliphatic heterocycles. The number of hydrogen-bond donors (Lipinski definition) is 1. The average molecular weight is 625 g/mol. The van der Waals surface area contributed by atoms with Crippen LogP contribution in [0.3, 0.4) is 0 Å². The van der Waals surface area contributed by atoms with Gasteiger partial charge in [-0.1, -0.05) is 39.7 Å². The molecule has 6 atom stereocenters. The topological polar surface area (TPSA) is 81.2 Å². The predicted molar refractivity (Wildman–Crippen MR) is 157 cm³/mol. The monoisotopic (exact) mass is 623 g/mol. The Morgan fingerprint density at radius 1 is 1.18 bits per heavy atom. The van der Waals surface area contributed by atoms with Crippen LogP contribution < -0.4 is 4.90 Å². The molecule has 1 N–H and O–H groups in total. The van der Waals surface area contributed by atoms with E-state index >= 15 is 0 Å². The number of fused-ring (bicyclic) bond motifs is 1. The summed E-state index contributed by atoms with van der Waals surface area (Å²) in [5.41, 5.74) is 0.679. The molecule has 3 heterocycles. The Kier molecular flexibility index (Phi) is 9.33. The van der Waals surface area contributed by atoms with Gasteiger partial charge in [0.15, 0.2) is 0 Å². The fourth-order valence-electron chi connectivity index (χ4n) is 6.26. The first-order valence-corrected chi connectivity index (χ1v) is 15.2. The van der Waals surface area contributed by atoms with Crippen molar-refractivity contribution < 1.29 is 19.5 Å². The highest BCUT2D eigenvalue weighted by Crippen LogP contribution is 2.68. The second-order valence-corrected chi connectivity index (χ2v) is 13.4. The van der Waals surface area contributed by atoms with Crippen molar-refractivity contribution in [2.75, 3.05) is 38.2 Å². The molecule has 0 aromatic heterocycles. The number of carbonyl (C=O) groups is 3. The number of amides is 3. The van der Waals surface area contributed by atoms with E-state index < -0.39 is 22.6 Å². The number of anilines is 1. The van der Waals surface area contributed by atoms with Crippen LogP contribution in [0.15, 0.2) is 49.6 Å². The third-order valence-electron chi connectivity index (χ3n) is 7.86. The molecule has 206 valence electrons. The largest absolute Gasteiger partial charge is 0.396 e. The van der Waals surface area contributed by atoms with Gasteiger partial charge in [0.05, 0.1) is 16.6 Å². The van der Waals surface area contributed by atoms with Gasteiger partial charge in [-0.05, 0) is 49.9 Å². The molecule has 3 unspecified atom stereocenters. The molecule has 3 aliphatic rings. The van der Waals surface area contributed by atoms with Crippen LogP contribution in [0.2, 0.25) is 5.02 Å². The Labute approximate surface area is 242 Å². The maximum atomic E-state index is 14.5. The molecule has 3 saturated heterocycles. The van der Waals surface area contributed by atoms with Gasteiger partial charge in [-0.15, -0.1) is 24.9 Å². The summed E-state index contributed by atoms with van der Waals surface area (Å²) < 4.78 is -0.717. The average Bonchev–Trinajstić information content (AvgIpc) is 3.48. The van der Waals surface area contributed by atoms with Gasteiger partial charge in [-0.3, -0.25) is 14.4 Å². The Hall–Kier alpha value is -1.81. The lowest BCUT2D eigenvalue weighted by molar-refractivity contribution is -0.143. The van der Waals surface area contributed by atoms with Crippen LogP contribution in [0.5, 0.6) is 0 Å². The number of aliphatic hydroxyl groups is 1. The number of halogens is 2. The molecule has 0 radical (unpaired) electrons. The van der Waals surface area contributed by atoms with Crippen molar-refractivity contribution >= 4 is 62.7 Å². The van der Waals surface area contributed by atoms with E-state index in [2.05, 4.69) is 29.1 Å². The van der Waals surface area contributed by atoms with Crippen molar-refractivity contribution in [3.63, 3.8) is 0 Å². The maximum absolute atomic E-state index is 14.5. The summed E-state index contributed by atoms with van der Waals surface area (Å²) in [6.07, 6.45) is 6.02. The third kappa shape index (κ3) is 5.07. The standard InChI is InChI=1S/C28H35BrClN3O4S/c1-4-13-31(3)25(35)21-22-26(36)33(15-7-6-8-16-34)24(28(22)17-20(29)23(21)38-28)27(37)32(14-5-2)19-11-9-18(30)10-12-19/h4-5,9-12,20-24,34H,1-2,6-8,13-17H2,3H3/t20?,21-,22-,23-,24?,28?/m0/s1. The van der Waals surface area contributed by atoms with Gasteiger partial charge in [0.1, 0.15) is 6.04 Å². The number of carbonyl (C=O) groups excluding carboxylic acids is 3. The van der Waals surface area contributed by atoms with Crippen molar-refractivity contribution in [2.45, 2.75) is 46.5 Å². The van der Waals surface area contributed by atoms with Crippen LogP contribution in [0, 0.1) is 11.8 Å². The predicted octanol–water partition coefficient (Wildman–Crippen LogP) is 4.13. The van der Waals surface area contributed by atoms with Crippen LogP contribution in [0.25, 0.3) is 0 Å². The highest BCUT2D eigenvalue weighted by molar-refractivity contribution is 9.09. The highest BCUT2D eigenvalue weighted by atomic mass is 79.9. The first kappa shape index (κ1) is 29.2. The fraction of sp³-hybridized carbons (Fsp3) is 0.536. The highest BCUT2D eigenvalue weighted by Gasteiger charge is 2.75. The van der Waals surface area contributed by atoms with Gasteiger partial charge in [0, 0.05) is 54.1 Å². The van der Waals surface area contributed by atoms with Crippen LogP contribution >= 0.6 is 39.3 Å². The number of thioether (sulfide) groups is 1. The minimum Gasteiger partial charge on any atom is -0.396 e. The molecule has 0 aliphatic carbocycles. The van der Waals surface area contributed by atoms with Gasteiger partial charge in [-0.2, -0.15) is 0 Å². The van der Waals surface area contributed by atoms with Gasteiger partial charge in [0.2, 0.25) is 11.8 Å². The summed E-state index contributed by atoms with van der Waals surface area (Å²) >= 11 is 11.6. The number of rotatable bonds is 12. The second-order valence-electron chi connectivity index (χ2n) is 10.2. The molecule has 2 bridgehead atoms. The molecule has 0 saturated carbocycles. The molecule has 1 aromatic rings. The molecular weight excluding hydrogens is 590 g/mol. The summed E-state index contributed by atoms with van der Waals surface area (Å²) in [6.45, 7) is 8.77. The van der Waals surface area contributed by atoms with E-state index in [1.807, 2.05) is 0 Å². The van der Waals surface area contributed by atoms with Gasteiger partial charge in [0.25, 0.3) is 5.91 Å². The summed E-state index contributed by atoms with van der Waals surface area (Å²) in [4.78, 5) is 47.3. The molecule has 3 amide bonds. The normalized spacial score (nSPS) is 29.3. The van der Waals surface area contributed by atoms with E-state index in [1.165, 1.54) is 0 Å². The number of alkyl halides is 1. The van der Waals surface area contributed by atoms with Crippen molar-refractivity contribution in [1.82, 2.24) is 9.80 Å². The lowest BCUT2D eigenvalue weighted by atomic mass is 9.70. The maximum Gasteiger partial charge on any atom is 0.251 e. The van der Waals surface area contributed by atoms with E-state index in [0.717, 1.165) is 6.42 Å². The lowest BCUT2D eigenvalue weighted by Crippen LogP contribution is -2.56. The van der Waals surface area contributed by atoms with Crippen molar-refractivity contribution in [3.05, 3.63) is 54.6 Å². The van der Waals surface area contributed by atoms with Crippen LogP contribution in [0.1, 0.15) is 25.7 Å². The lowest BCUT2D eigenvalue weighted by Gasteiger charge is -2.38. The van der Waals surface area contributed by atoms with E-state index in [9.17, 15) is 19.5 Å². The summed E-state index contributed by atoms with van der Waals surface area (Å²) in [6, 6.07) is 6.35. The minimum atomic E-state index is -0.720. The molecule has 4 rings (SSSR count). The Balaban J connectivity index is 1.76. The van der Waals surface area contributed by atoms with Crippen LogP contribution in [-0.4, -0.2) is 86.8 Å². The van der Waals surface area contributed by atoms with E-state index in [1.54, 1.807) is 69.9 Å². The zero-order valence-electron chi connectivity index (χ0n) is 21.6. The number of aliphatic hydroxyl groups excluding tert-OH is 1. The zero-order chi connectivity index (χ0) is 27.6. The number of unbranched alkanes of at least 4 members (excludes halogenated alkanes) is 2. The number of hydrogen-bond acceptors (Lipinski definition) is 5. The van der Waals surface area contributed by atoms with E-state index in [0.29, 0.717) is 43.1 Å². The second kappa shape index (κ2) is 12.1. The molecular formula is C28H35BrClN3O4S. The van der Waals surface area contributed by atoms with Gasteiger partial charge >= 0.3 is 0 Å². The first-order chi connectivity index (χ1) is 18.2. The van der Waals surface area contributed by atoms with Crippen molar-refractivity contribution in [1.29, 1.82) is 0 Å². The Morgan fingerprint density at radius 2 is 1.87 bits per heavy atom. The van der Waals surface area contributed by atoms with Crippen molar-refractivity contribution in [2.24, 2.45) is 11.8 Å². The molecule has 1 aromatic carbocycles.